The fraction of sp³-hybridized carbons (Fsp3) is 0.818. The molecule has 0 N–H and O–H groups in total. The van der Waals surface area contributed by atoms with Crippen molar-refractivity contribution in [2.75, 3.05) is 19.8 Å². The Labute approximate surface area is 373 Å². The summed E-state index contributed by atoms with van der Waals surface area (Å²) in [5, 5.41) is 0. The van der Waals surface area contributed by atoms with E-state index in [9.17, 15) is 9.59 Å². The van der Waals surface area contributed by atoms with Crippen molar-refractivity contribution in [2.45, 2.75) is 271 Å². The number of ether oxygens (including phenoxy) is 3. The van der Waals surface area contributed by atoms with Crippen LogP contribution >= 0.6 is 0 Å². The summed E-state index contributed by atoms with van der Waals surface area (Å²) in [5.74, 6) is -0.404. The minimum Gasteiger partial charge on any atom is -0.462 e. The Morgan fingerprint density at radius 3 is 1.22 bits per heavy atom. The average Bonchev–Trinajstić information content (AvgIpc) is 3.25. The number of hydrogen-bond donors (Lipinski definition) is 0. The second kappa shape index (κ2) is 51.2. The third-order valence-corrected chi connectivity index (χ3v) is 11.3. The van der Waals surface area contributed by atoms with Gasteiger partial charge >= 0.3 is 11.9 Å². The zero-order valence-electron chi connectivity index (χ0n) is 40.2. The van der Waals surface area contributed by atoms with Crippen LogP contribution in [0.1, 0.15) is 265 Å². The molecule has 1 unspecified atom stereocenters. The van der Waals surface area contributed by atoms with Crippen LogP contribution < -0.4 is 0 Å². The summed E-state index contributed by atoms with van der Waals surface area (Å²) in [5.41, 5.74) is 0. The first-order valence-corrected chi connectivity index (χ1v) is 26.2. The van der Waals surface area contributed by atoms with Crippen molar-refractivity contribution in [3.8, 4) is 0 Å². The van der Waals surface area contributed by atoms with Gasteiger partial charge in [0.25, 0.3) is 0 Å². The highest BCUT2D eigenvalue weighted by molar-refractivity contribution is 5.70. The summed E-state index contributed by atoms with van der Waals surface area (Å²) in [6, 6.07) is 0. The number of carbonyl (C=O) groups excluding carboxylic acids is 2. The van der Waals surface area contributed by atoms with Gasteiger partial charge in [-0.05, 0) is 77.0 Å². The Balaban J connectivity index is 4.26. The van der Waals surface area contributed by atoms with Crippen LogP contribution in [0.25, 0.3) is 0 Å². The van der Waals surface area contributed by atoms with Gasteiger partial charge in [0.1, 0.15) is 6.61 Å². The molecule has 0 heterocycles. The number of esters is 2. The summed E-state index contributed by atoms with van der Waals surface area (Å²) >= 11 is 0. The van der Waals surface area contributed by atoms with Crippen molar-refractivity contribution < 1.29 is 23.8 Å². The molecule has 0 radical (unpaired) electrons. The van der Waals surface area contributed by atoms with E-state index in [0.717, 1.165) is 64.2 Å². The molecule has 0 aliphatic carbocycles. The molecule has 1 atom stereocenters. The molecular formula is C55H100O5. The highest BCUT2D eigenvalue weighted by atomic mass is 16.6. The molecule has 0 bridgehead atoms. The van der Waals surface area contributed by atoms with Crippen LogP contribution in [0.5, 0.6) is 0 Å². The van der Waals surface area contributed by atoms with Crippen molar-refractivity contribution in [1.29, 1.82) is 0 Å². The molecule has 0 saturated heterocycles. The van der Waals surface area contributed by atoms with Gasteiger partial charge in [0.15, 0.2) is 6.10 Å². The molecule has 5 nitrogen and oxygen atoms in total. The zero-order chi connectivity index (χ0) is 43.5. The van der Waals surface area contributed by atoms with E-state index in [-0.39, 0.29) is 25.2 Å². The summed E-state index contributed by atoms with van der Waals surface area (Å²) in [6.45, 7) is 7.69. The van der Waals surface area contributed by atoms with Crippen molar-refractivity contribution in [1.82, 2.24) is 0 Å². The fourth-order valence-electron chi connectivity index (χ4n) is 7.46. The zero-order valence-corrected chi connectivity index (χ0v) is 40.2. The first-order chi connectivity index (χ1) is 29.6. The number of allylic oxidation sites excluding steroid dienone is 8. The van der Waals surface area contributed by atoms with Crippen LogP contribution in [0.15, 0.2) is 48.6 Å². The molecule has 0 aromatic heterocycles. The van der Waals surface area contributed by atoms with Gasteiger partial charge in [-0.2, -0.15) is 0 Å². The minimum absolute atomic E-state index is 0.0769. The average molecular weight is 841 g/mol. The number of carbonyl (C=O) groups is 2. The molecule has 60 heavy (non-hydrogen) atoms. The smallest absolute Gasteiger partial charge is 0.306 e. The van der Waals surface area contributed by atoms with Gasteiger partial charge in [0, 0.05) is 19.4 Å². The third-order valence-electron chi connectivity index (χ3n) is 11.3. The monoisotopic (exact) mass is 841 g/mol. The molecule has 0 fully saturated rings. The maximum atomic E-state index is 12.8. The van der Waals surface area contributed by atoms with E-state index in [1.807, 2.05) is 0 Å². The third kappa shape index (κ3) is 48.5. The van der Waals surface area contributed by atoms with Gasteiger partial charge in [-0.3, -0.25) is 9.59 Å². The second-order valence-electron chi connectivity index (χ2n) is 17.4. The minimum atomic E-state index is -0.546. The van der Waals surface area contributed by atoms with E-state index in [0.29, 0.717) is 19.4 Å². The SMILES string of the molecule is CC/C=C\C/C=C\C/C=C\CCCCCCOCC(COC(=O)CCCCCCCCC/C=C\CCCCCCCC)OC(=O)CCCCCCCCCCCCCCC. The van der Waals surface area contributed by atoms with E-state index < -0.39 is 6.10 Å². The normalized spacial score (nSPS) is 12.5. The lowest BCUT2D eigenvalue weighted by Crippen LogP contribution is -2.30. The maximum Gasteiger partial charge on any atom is 0.306 e. The first kappa shape index (κ1) is 57.9. The summed E-state index contributed by atoms with van der Waals surface area (Å²) in [6.07, 6.45) is 62.6. The van der Waals surface area contributed by atoms with Crippen molar-refractivity contribution in [2.24, 2.45) is 0 Å². The predicted molar refractivity (Wildman–Crippen MR) is 261 cm³/mol. The maximum absolute atomic E-state index is 12.8. The lowest BCUT2D eigenvalue weighted by molar-refractivity contribution is -0.163. The second-order valence-corrected chi connectivity index (χ2v) is 17.4. The van der Waals surface area contributed by atoms with Gasteiger partial charge in [-0.15, -0.1) is 0 Å². The Kier molecular flexibility index (Phi) is 49.4. The molecule has 0 amide bonds. The van der Waals surface area contributed by atoms with Crippen LogP contribution in [0.3, 0.4) is 0 Å². The van der Waals surface area contributed by atoms with Gasteiger partial charge < -0.3 is 14.2 Å². The topological polar surface area (TPSA) is 61.8 Å². The Bertz CT molecular complexity index is 997. The van der Waals surface area contributed by atoms with Crippen molar-refractivity contribution >= 4 is 11.9 Å². The first-order valence-electron chi connectivity index (χ1n) is 26.2. The standard InChI is InChI=1S/C55H100O5/c1-4-7-10-13-16-19-22-25-27-28-29-31-33-36-39-42-45-48-54(56)59-52-53(51-58-50-47-44-41-38-35-32-26-23-20-17-14-11-8-5-2)60-55(57)49-46-43-40-37-34-30-24-21-18-15-12-9-6-3/h8,11,17,20,25-27,32,53H,4-7,9-10,12-16,18-19,21-24,28-31,33-52H2,1-3H3/b11-8-,20-17-,27-25-,32-26-. The van der Waals surface area contributed by atoms with Crippen LogP contribution in [0, 0.1) is 0 Å². The fourth-order valence-corrected chi connectivity index (χ4v) is 7.46. The van der Waals surface area contributed by atoms with Crippen molar-refractivity contribution in [3.63, 3.8) is 0 Å². The van der Waals surface area contributed by atoms with Crippen molar-refractivity contribution in [3.05, 3.63) is 48.6 Å². The van der Waals surface area contributed by atoms with E-state index in [1.165, 1.54) is 167 Å². The van der Waals surface area contributed by atoms with Crippen LogP contribution in [0.4, 0.5) is 0 Å². The Morgan fingerprint density at radius 1 is 0.383 bits per heavy atom. The number of hydrogen-bond acceptors (Lipinski definition) is 5. The van der Waals surface area contributed by atoms with E-state index in [1.54, 1.807) is 0 Å². The Morgan fingerprint density at radius 2 is 0.750 bits per heavy atom. The molecule has 0 saturated carbocycles. The van der Waals surface area contributed by atoms with Gasteiger partial charge in [-0.1, -0.05) is 223 Å². The summed E-state index contributed by atoms with van der Waals surface area (Å²) in [4.78, 5) is 25.4. The molecule has 0 rings (SSSR count). The van der Waals surface area contributed by atoms with E-state index >= 15 is 0 Å². The molecule has 0 aliphatic heterocycles. The summed E-state index contributed by atoms with van der Waals surface area (Å²) in [7, 11) is 0. The molecule has 5 heteroatoms. The number of unbranched alkanes of at least 4 members (excludes halogenated alkanes) is 29. The highest BCUT2D eigenvalue weighted by Gasteiger charge is 2.17. The van der Waals surface area contributed by atoms with E-state index in [4.69, 9.17) is 14.2 Å². The van der Waals surface area contributed by atoms with Gasteiger partial charge in [0.05, 0.1) is 6.61 Å². The molecule has 0 aromatic rings. The Hall–Kier alpha value is -2.14. The molecule has 350 valence electrons. The predicted octanol–water partition coefficient (Wildman–Crippen LogP) is 17.6. The molecule has 0 aliphatic rings. The quantitative estimate of drug-likeness (QED) is 0.0347. The molecule has 0 aromatic carbocycles. The lowest BCUT2D eigenvalue weighted by atomic mass is 10.0. The molecular weight excluding hydrogens is 741 g/mol. The highest BCUT2D eigenvalue weighted by Crippen LogP contribution is 2.15. The lowest BCUT2D eigenvalue weighted by Gasteiger charge is -2.18. The number of rotatable bonds is 48. The van der Waals surface area contributed by atoms with Crippen LogP contribution in [-0.4, -0.2) is 37.9 Å². The van der Waals surface area contributed by atoms with Gasteiger partial charge in [-0.25, -0.2) is 0 Å². The van der Waals surface area contributed by atoms with Crippen LogP contribution in [-0.2, 0) is 23.8 Å². The summed E-state index contributed by atoms with van der Waals surface area (Å²) < 4.78 is 17.4. The van der Waals surface area contributed by atoms with Crippen LogP contribution in [0.2, 0.25) is 0 Å². The largest absolute Gasteiger partial charge is 0.462 e. The molecule has 0 spiro atoms. The van der Waals surface area contributed by atoms with E-state index in [2.05, 4.69) is 69.4 Å². The van der Waals surface area contributed by atoms with Gasteiger partial charge in [0.2, 0.25) is 0 Å².